The Morgan fingerprint density at radius 3 is 2.26 bits per heavy atom. The SMILES string of the molecule is CC(C)(C)C(=O)Nc1ccc(CN)cc1C(F)(F)F. The summed E-state index contributed by atoms with van der Waals surface area (Å²) in [6, 6.07) is 3.65. The van der Waals surface area contributed by atoms with Crippen LogP contribution in [0.4, 0.5) is 18.9 Å². The van der Waals surface area contributed by atoms with Crippen molar-refractivity contribution in [3.8, 4) is 0 Å². The van der Waals surface area contributed by atoms with E-state index in [4.69, 9.17) is 5.73 Å². The summed E-state index contributed by atoms with van der Waals surface area (Å²) in [5, 5.41) is 2.31. The number of anilines is 1. The summed E-state index contributed by atoms with van der Waals surface area (Å²) in [6.45, 7) is 4.90. The fourth-order valence-corrected chi connectivity index (χ4v) is 1.37. The van der Waals surface area contributed by atoms with Gasteiger partial charge < -0.3 is 11.1 Å². The van der Waals surface area contributed by atoms with Crippen molar-refractivity contribution in [3.05, 3.63) is 29.3 Å². The summed E-state index contributed by atoms with van der Waals surface area (Å²) >= 11 is 0. The van der Waals surface area contributed by atoms with Gasteiger partial charge in [0.15, 0.2) is 0 Å². The second-order valence-electron chi connectivity index (χ2n) is 5.29. The third-order valence-corrected chi connectivity index (χ3v) is 2.55. The molecule has 0 heterocycles. The van der Waals surface area contributed by atoms with Crippen LogP contribution in [0, 0.1) is 5.41 Å². The van der Waals surface area contributed by atoms with E-state index in [-0.39, 0.29) is 12.2 Å². The maximum absolute atomic E-state index is 12.9. The minimum Gasteiger partial charge on any atom is -0.326 e. The Balaban J connectivity index is 3.18. The van der Waals surface area contributed by atoms with Gasteiger partial charge in [0.05, 0.1) is 11.3 Å². The average Bonchev–Trinajstić information content (AvgIpc) is 2.26. The molecule has 6 heteroatoms. The van der Waals surface area contributed by atoms with Crippen molar-refractivity contribution in [1.82, 2.24) is 0 Å². The summed E-state index contributed by atoms with van der Waals surface area (Å²) in [4.78, 5) is 11.8. The van der Waals surface area contributed by atoms with Crippen LogP contribution >= 0.6 is 0 Å². The molecule has 0 aromatic heterocycles. The number of halogens is 3. The lowest BCUT2D eigenvalue weighted by atomic mass is 9.95. The van der Waals surface area contributed by atoms with Crippen molar-refractivity contribution in [2.24, 2.45) is 11.1 Å². The molecule has 3 N–H and O–H groups in total. The molecule has 1 amide bonds. The lowest BCUT2D eigenvalue weighted by Crippen LogP contribution is -2.28. The molecular weight excluding hydrogens is 257 g/mol. The Morgan fingerprint density at radius 1 is 1.26 bits per heavy atom. The first-order valence-corrected chi connectivity index (χ1v) is 5.77. The second-order valence-corrected chi connectivity index (χ2v) is 5.29. The van der Waals surface area contributed by atoms with Gasteiger partial charge in [0, 0.05) is 12.0 Å². The number of benzene rings is 1. The first-order chi connectivity index (χ1) is 8.55. The Bertz CT molecular complexity index is 476. The number of carbonyl (C=O) groups excluding carboxylic acids is 1. The van der Waals surface area contributed by atoms with Gasteiger partial charge in [0.25, 0.3) is 0 Å². The van der Waals surface area contributed by atoms with E-state index in [2.05, 4.69) is 5.32 Å². The van der Waals surface area contributed by atoms with E-state index < -0.39 is 23.1 Å². The number of rotatable bonds is 2. The third kappa shape index (κ3) is 3.96. The van der Waals surface area contributed by atoms with Gasteiger partial charge in [-0.3, -0.25) is 4.79 Å². The van der Waals surface area contributed by atoms with Gasteiger partial charge in [-0.15, -0.1) is 0 Å². The van der Waals surface area contributed by atoms with Crippen molar-refractivity contribution in [1.29, 1.82) is 0 Å². The van der Waals surface area contributed by atoms with Gasteiger partial charge in [-0.1, -0.05) is 26.8 Å². The summed E-state index contributed by atoms with van der Waals surface area (Å²) in [7, 11) is 0. The molecule has 0 aliphatic carbocycles. The minimum atomic E-state index is -4.54. The van der Waals surface area contributed by atoms with E-state index in [1.165, 1.54) is 12.1 Å². The smallest absolute Gasteiger partial charge is 0.326 e. The lowest BCUT2D eigenvalue weighted by Gasteiger charge is -2.20. The summed E-state index contributed by atoms with van der Waals surface area (Å²) < 4.78 is 38.8. The van der Waals surface area contributed by atoms with Crippen molar-refractivity contribution >= 4 is 11.6 Å². The molecule has 0 atom stereocenters. The van der Waals surface area contributed by atoms with E-state index in [1.54, 1.807) is 20.8 Å². The molecule has 0 unspecified atom stereocenters. The molecule has 1 aromatic carbocycles. The molecule has 0 fully saturated rings. The predicted octanol–water partition coefficient (Wildman–Crippen LogP) is 3.15. The topological polar surface area (TPSA) is 55.1 Å². The van der Waals surface area contributed by atoms with Crippen LogP contribution in [0.5, 0.6) is 0 Å². The summed E-state index contributed by atoms with van der Waals surface area (Å²) in [5.41, 5.74) is 3.79. The van der Waals surface area contributed by atoms with Gasteiger partial charge >= 0.3 is 6.18 Å². The van der Waals surface area contributed by atoms with Crippen LogP contribution in [0.25, 0.3) is 0 Å². The van der Waals surface area contributed by atoms with Gasteiger partial charge in [-0.2, -0.15) is 13.2 Å². The number of alkyl halides is 3. The normalized spacial score (nSPS) is 12.4. The molecule has 1 rings (SSSR count). The molecule has 0 bridgehead atoms. The highest BCUT2D eigenvalue weighted by Gasteiger charge is 2.35. The van der Waals surface area contributed by atoms with E-state index in [9.17, 15) is 18.0 Å². The second kappa shape index (κ2) is 5.21. The molecule has 0 aliphatic rings. The van der Waals surface area contributed by atoms with Gasteiger partial charge in [-0.05, 0) is 17.7 Å². The first-order valence-electron chi connectivity index (χ1n) is 5.77. The first kappa shape index (κ1) is 15.5. The molecule has 3 nitrogen and oxygen atoms in total. The van der Waals surface area contributed by atoms with E-state index in [0.717, 1.165) is 6.07 Å². The number of hydrogen-bond acceptors (Lipinski definition) is 2. The number of nitrogens with two attached hydrogens (primary N) is 1. The van der Waals surface area contributed by atoms with Crippen molar-refractivity contribution in [2.75, 3.05) is 5.32 Å². The summed E-state index contributed by atoms with van der Waals surface area (Å²) in [6.07, 6.45) is -4.54. The van der Waals surface area contributed by atoms with Gasteiger partial charge in [-0.25, -0.2) is 0 Å². The van der Waals surface area contributed by atoms with Crippen LogP contribution in [0.2, 0.25) is 0 Å². The van der Waals surface area contributed by atoms with Crippen LogP contribution in [0.1, 0.15) is 31.9 Å². The number of hydrogen-bond donors (Lipinski definition) is 2. The minimum absolute atomic E-state index is 0.0105. The maximum atomic E-state index is 12.9. The summed E-state index contributed by atoms with van der Waals surface area (Å²) in [5.74, 6) is -0.474. The number of carbonyl (C=O) groups is 1. The molecule has 0 aliphatic heterocycles. The lowest BCUT2D eigenvalue weighted by molar-refractivity contribution is -0.137. The van der Waals surface area contributed by atoms with E-state index in [0.29, 0.717) is 5.56 Å². The van der Waals surface area contributed by atoms with Crippen LogP contribution in [-0.2, 0) is 17.5 Å². The predicted molar refractivity (Wildman–Crippen MR) is 67.4 cm³/mol. The molecule has 0 radical (unpaired) electrons. The Kier molecular flexibility index (Phi) is 4.25. The van der Waals surface area contributed by atoms with Crippen molar-refractivity contribution in [2.45, 2.75) is 33.5 Å². The van der Waals surface area contributed by atoms with Crippen LogP contribution in [-0.4, -0.2) is 5.91 Å². The quantitative estimate of drug-likeness (QED) is 0.870. The van der Waals surface area contributed by atoms with Gasteiger partial charge in [0.1, 0.15) is 0 Å². The fourth-order valence-electron chi connectivity index (χ4n) is 1.37. The van der Waals surface area contributed by atoms with Crippen molar-refractivity contribution < 1.29 is 18.0 Å². The molecule has 0 saturated carbocycles. The van der Waals surface area contributed by atoms with E-state index >= 15 is 0 Å². The molecule has 1 aromatic rings. The zero-order valence-corrected chi connectivity index (χ0v) is 11.1. The van der Waals surface area contributed by atoms with Crippen LogP contribution in [0.3, 0.4) is 0 Å². The Morgan fingerprint density at radius 2 is 1.84 bits per heavy atom. The number of amides is 1. The zero-order chi connectivity index (χ0) is 14.8. The Labute approximate surface area is 110 Å². The fraction of sp³-hybridized carbons (Fsp3) is 0.462. The highest BCUT2D eigenvalue weighted by Crippen LogP contribution is 2.36. The van der Waals surface area contributed by atoms with E-state index in [1.807, 2.05) is 0 Å². The molecule has 0 saturated heterocycles. The zero-order valence-electron chi connectivity index (χ0n) is 11.1. The van der Waals surface area contributed by atoms with Crippen LogP contribution < -0.4 is 11.1 Å². The molecule has 106 valence electrons. The van der Waals surface area contributed by atoms with Crippen LogP contribution in [0.15, 0.2) is 18.2 Å². The molecular formula is C13H17F3N2O. The molecule has 19 heavy (non-hydrogen) atoms. The van der Waals surface area contributed by atoms with Crippen molar-refractivity contribution in [3.63, 3.8) is 0 Å². The molecule has 0 spiro atoms. The largest absolute Gasteiger partial charge is 0.418 e. The van der Waals surface area contributed by atoms with Gasteiger partial charge in [0.2, 0.25) is 5.91 Å². The number of nitrogens with one attached hydrogen (secondary N) is 1. The standard InChI is InChI=1S/C13H17F3N2O/c1-12(2,3)11(19)18-10-5-4-8(7-17)6-9(10)13(14,15)16/h4-6H,7,17H2,1-3H3,(H,18,19). The monoisotopic (exact) mass is 274 g/mol. The Hall–Kier alpha value is -1.56. The highest BCUT2D eigenvalue weighted by atomic mass is 19.4. The maximum Gasteiger partial charge on any atom is 0.418 e. The average molecular weight is 274 g/mol. The third-order valence-electron chi connectivity index (χ3n) is 2.55. The highest BCUT2D eigenvalue weighted by molar-refractivity contribution is 5.95.